The molecule has 0 aliphatic rings. The van der Waals surface area contributed by atoms with E-state index < -0.39 is 11.9 Å². The lowest BCUT2D eigenvalue weighted by molar-refractivity contribution is -0.141. The van der Waals surface area contributed by atoms with E-state index in [-0.39, 0.29) is 0 Å². The molecule has 0 spiro atoms. The quantitative estimate of drug-likeness (QED) is 0.892. The summed E-state index contributed by atoms with van der Waals surface area (Å²) in [6, 6.07) is 7.41. The summed E-state index contributed by atoms with van der Waals surface area (Å²) in [5.41, 5.74) is 2.64. The second kappa shape index (κ2) is 5.23. The van der Waals surface area contributed by atoms with E-state index >= 15 is 0 Å². The molecule has 2 aromatic rings. The molecular weight excluding hydrogens is 252 g/mol. The lowest BCUT2D eigenvalue weighted by atomic mass is 9.99. The third-order valence-corrected chi connectivity index (χ3v) is 3.02. The first-order valence-corrected chi connectivity index (χ1v) is 5.96. The number of nitrogens with one attached hydrogen (secondary N) is 1. The lowest BCUT2D eigenvalue weighted by Gasteiger charge is -2.07. The monoisotopic (exact) mass is 264 g/mol. The number of aliphatic carboxylic acids is 1. The molecule has 5 heteroatoms. The van der Waals surface area contributed by atoms with Crippen molar-refractivity contribution < 1.29 is 9.90 Å². The van der Waals surface area contributed by atoms with Gasteiger partial charge < -0.3 is 5.11 Å². The van der Waals surface area contributed by atoms with Gasteiger partial charge in [0, 0.05) is 22.7 Å². The Morgan fingerprint density at radius 2 is 2.33 bits per heavy atom. The van der Waals surface area contributed by atoms with Crippen molar-refractivity contribution in [3.63, 3.8) is 0 Å². The Hall–Kier alpha value is -1.81. The molecule has 0 fully saturated rings. The minimum Gasteiger partial charge on any atom is -0.481 e. The molecule has 0 aliphatic carbocycles. The van der Waals surface area contributed by atoms with Crippen LogP contribution in [0.1, 0.15) is 12.6 Å². The fourth-order valence-corrected chi connectivity index (χ4v) is 1.96. The van der Waals surface area contributed by atoms with Crippen LogP contribution < -0.4 is 0 Å². The maximum Gasteiger partial charge on any atom is 0.306 e. The van der Waals surface area contributed by atoms with Crippen molar-refractivity contribution in [3.05, 3.63) is 41.2 Å². The number of benzene rings is 1. The standard InChI is InChI=1S/C13H13ClN2O2/c1-8(13(17)18)5-12-11(7-15-16-12)9-3-2-4-10(14)6-9/h2-4,6-8H,5H2,1H3,(H,15,16)(H,17,18). The van der Waals surface area contributed by atoms with Crippen molar-refractivity contribution in [3.8, 4) is 11.1 Å². The summed E-state index contributed by atoms with van der Waals surface area (Å²) in [5, 5.41) is 16.4. The van der Waals surface area contributed by atoms with Gasteiger partial charge in [-0.3, -0.25) is 9.89 Å². The topological polar surface area (TPSA) is 66.0 Å². The molecule has 0 bridgehead atoms. The smallest absolute Gasteiger partial charge is 0.306 e. The zero-order chi connectivity index (χ0) is 13.1. The molecular formula is C13H13ClN2O2. The summed E-state index contributed by atoms with van der Waals surface area (Å²) < 4.78 is 0. The molecule has 0 saturated carbocycles. The van der Waals surface area contributed by atoms with Crippen LogP contribution in [0.4, 0.5) is 0 Å². The molecule has 1 atom stereocenters. The Morgan fingerprint density at radius 1 is 1.56 bits per heavy atom. The molecule has 0 amide bonds. The van der Waals surface area contributed by atoms with Crippen molar-refractivity contribution in [1.82, 2.24) is 10.2 Å². The molecule has 1 heterocycles. The average molecular weight is 265 g/mol. The number of carboxylic acid groups (broad SMARTS) is 1. The zero-order valence-electron chi connectivity index (χ0n) is 9.85. The molecule has 2 rings (SSSR count). The highest BCUT2D eigenvalue weighted by Crippen LogP contribution is 2.26. The highest BCUT2D eigenvalue weighted by molar-refractivity contribution is 6.30. The minimum absolute atomic E-state index is 0.414. The SMILES string of the molecule is CC(Cc1[nH]ncc1-c1cccc(Cl)c1)C(=O)O. The number of hydrogen-bond donors (Lipinski definition) is 2. The molecule has 94 valence electrons. The van der Waals surface area contributed by atoms with Crippen molar-refractivity contribution in [1.29, 1.82) is 0 Å². The number of carbonyl (C=O) groups is 1. The Bertz CT molecular complexity index is 566. The van der Waals surface area contributed by atoms with Gasteiger partial charge in [-0.1, -0.05) is 30.7 Å². The maximum absolute atomic E-state index is 10.9. The molecule has 18 heavy (non-hydrogen) atoms. The van der Waals surface area contributed by atoms with Crippen molar-refractivity contribution >= 4 is 17.6 Å². The van der Waals surface area contributed by atoms with Crippen LogP contribution in [0.25, 0.3) is 11.1 Å². The van der Waals surface area contributed by atoms with Crippen LogP contribution in [0.2, 0.25) is 5.02 Å². The zero-order valence-corrected chi connectivity index (χ0v) is 10.6. The van der Waals surface area contributed by atoms with Gasteiger partial charge in [-0.15, -0.1) is 0 Å². The van der Waals surface area contributed by atoms with E-state index in [9.17, 15) is 4.79 Å². The second-order valence-electron chi connectivity index (χ2n) is 4.22. The molecule has 2 N–H and O–H groups in total. The third-order valence-electron chi connectivity index (χ3n) is 2.79. The fourth-order valence-electron chi connectivity index (χ4n) is 1.77. The number of rotatable bonds is 4. The number of halogens is 1. The summed E-state index contributed by atoms with van der Waals surface area (Å²) in [6.45, 7) is 1.67. The van der Waals surface area contributed by atoms with Crippen LogP contribution in [0.5, 0.6) is 0 Å². The van der Waals surface area contributed by atoms with Gasteiger partial charge in [0.25, 0.3) is 0 Å². The number of hydrogen-bond acceptors (Lipinski definition) is 2. The Labute approximate surface area is 110 Å². The molecule has 1 aromatic heterocycles. The van der Waals surface area contributed by atoms with Crippen LogP contribution in [-0.4, -0.2) is 21.3 Å². The first kappa shape index (κ1) is 12.6. The molecule has 4 nitrogen and oxygen atoms in total. The number of aromatic nitrogens is 2. The molecule has 0 saturated heterocycles. The van der Waals surface area contributed by atoms with E-state index in [1.807, 2.05) is 18.2 Å². The number of nitrogens with zero attached hydrogens (tertiary/aromatic N) is 1. The fraction of sp³-hybridized carbons (Fsp3) is 0.231. The first-order chi connectivity index (χ1) is 8.58. The molecule has 1 aromatic carbocycles. The third kappa shape index (κ3) is 2.71. The van der Waals surface area contributed by atoms with Crippen LogP contribution in [0.3, 0.4) is 0 Å². The van der Waals surface area contributed by atoms with E-state index in [1.54, 1.807) is 19.2 Å². The van der Waals surface area contributed by atoms with Crippen LogP contribution in [0.15, 0.2) is 30.5 Å². The van der Waals surface area contributed by atoms with E-state index in [0.717, 1.165) is 16.8 Å². The van der Waals surface area contributed by atoms with Gasteiger partial charge in [-0.25, -0.2) is 0 Å². The van der Waals surface area contributed by atoms with Gasteiger partial charge in [-0.05, 0) is 17.7 Å². The van der Waals surface area contributed by atoms with E-state index in [2.05, 4.69) is 10.2 Å². The van der Waals surface area contributed by atoms with Gasteiger partial charge in [0.2, 0.25) is 0 Å². The number of aromatic amines is 1. The Balaban J connectivity index is 2.30. The normalized spacial score (nSPS) is 12.3. The average Bonchev–Trinajstić information content (AvgIpc) is 2.77. The van der Waals surface area contributed by atoms with Gasteiger partial charge in [0.05, 0.1) is 12.1 Å². The summed E-state index contributed by atoms with van der Waals surface area (Å²) in [5.74, 6) is -1.27. The molecule has 0 aliphatic heterocycles. The van der Waals surface area contributed by atoms with E-state index in [0.29, 0.717) is 11.4 Å². The second-order valence-corrected chi connectivity index (χ2v) is 4.65. The van der Waals surface area contributed by atoms with Crippen molar-refractivity contribution in [2.24, 2.45) is 5.92 Å². The van der Waals surface area contributed by atoms with Gasteiger partial charge in [-0.2, -0.15) is 5.10 Å². The number of carboxylic acids is 1. The Kier molecular flexibility index (Phi) is 3.67. The van der Waals surface area contributed by atoms with Crippen molar-refractivity contribution in [2.45, 2.75) is 13.3 Å². The molecule has 1 unspecified atom stereocenters. The van der Waals surface area contributed by atoms with Gasteiger partial charge >= 0.3 is 5.97 Å². The molecule has 0 radical (unpaired) electrons. The summed E-state index contributed by atoms with van der Waals surface area (Å²) >= 11 is 5.95. The first-order valence-electron chi connectivity index (χ1n) is 5.59. The van der Waals surface area contributed by atoms with Gasteiger partial charge in [0.15, 0.2) is 0 Å². The largest absolute Gasteiger partial charge is 0.481 e. The minimum atomic E-state index is -0.818. The lowest BCUT2D eigenvalue weighted by Crippen LogP contribution is -2.12. The van der Waals surface area contributed by atoms with E-state index in [1.165, 1.54) is 0 Å². The van der Waals surface area contributed by atoms with E-state index in [4.69, 9.17) is 16.7 Å². The summed E-state index contributed by atoms with van der Waals surface area (Å²) in [4.78, 5) is 10.9. The van der Waals surface area contributed by atoms with Crippen LogP contribution in [-0.2, 0) is 11.2 Å². The summed E-state index contributed by atoms with van der Waals surface area (Å²) in [6.07, 6.45) is 2.10. The Morgan fingerprint density at radius 3 is 3.00 bits per heavy atom. The van der Waals surface area contributed by atoms with Crippen molar-refractivity contribution in [2.75, 3.05) is 0 Å². The van der Waals surface area contributed by atoms with Crippen LogP contribution >= 0.6 is 11.6 Å². The predicted octanol–water partition coefficient (Wildman–Crippen LogP) is 2.99. The highest BCUT2D eigenvalue weighted by atomic mass is 35.5. The van der Waals surface area contributed by atoms with Crippen LogP contribution in [0, 0.1) is 5.92 Å². The number of H-pyrrole nitrogens is 1. The summed E-state index contributed by atoms with van der Waals surface area (Å²) in [7, 11) is 0. The predicted molar refractivity (Wildman–Crippen MR) is 69.5 cm³/mol. The maximum atomic E-state index is 10.9. The highest BCUT2D eigenvalue weighted by Gasteiger charge is 2.16. The van der Waals surface area contributed by atoms with Gasteiger partial charge in [0.1, 0.15) is 0 Å².